The number of benzene rings is 2. The third-order valence-corrected chi connectivity index (χ3v) is 4.11. The number of rotatable bonds is 5. The van der Waals surface area contributed by atoms with Gasteiger partial charge in [-0.3, -0.25) is 0 Å². The third kappa shape index (κ3) is 2.97. The van der Waals surface area contributed by atoms with E-state index in [0.717, 1.165) is 22.3 Å². The molecule has 24 heavy (non-hydrogen) atoms. The summed E-state index contributed by atoms with van der Waals surface area (Å²) in [7, 11) is 0. The molecular formula is C19H17O5. The fourth-order valence-corrected chi connectivity index (χ4v) is 3.18. The van der Waals surface area contributed by atoms with Gasteiger partial charge < -0.3 is 14.2 Å². The largest absolute Gasteiger partial charge is 0.511 e. The fourth-order valence-electron chi connectivity index (χ4n) is 3.18. The third-order valence-electron chi connectivity index (χ3n) is 4.11. The molecule has 0 aromatic heterocycles. The summed E-state index contributed by atoms with van der Waals surface area (Å²) in [5, 5.41) is 0. The van der Waals surface area contributed by atoms with Crippen molar-refractivity contribution >= 4 is 12.6 Å². The number of carbonyl (C=O) groups excluding carboxylic acids is 2. The van der Waals surface area contributed by atoms with E-state index in [9.17, 15) is 9.59 Å². The minimum Gasteiger partial charge on any atom is -0.430 e. The van der Waals surface area contributed by atoms with Gasteiger partial charge >= 0.3 is 12.6 Å². The minimum atomic E-state index is -1.04. The molecule has 5 heteroatoms. The molecule has 0 bridgehead atoms. The van der Waals surface area contributed by atoms with Crippen LogP contribution in [0.3, 0.4) is 0 Å². The molecule has 2 aromatic rings. The van der Waals surface area contributed by atoms with Gasteiger partial charge in [-0.05, 0) is 29.2 Å². The van der Waals surface area contributed by atoms with Crippen LogP contribution in [0.4, 0.5) is 4.79 Å². The van der Waals surface area contributed by atoms with Gasteiger partial charge in [-0.15, -0.1) is 0 Å². The standard InChI is InChI=1S/C19H17O5/c1-12(23-19(21)24-13(2)22-11-20)18-16-9-5-3-7-14(16)15-8-4-6-10-17(15)18/h3-10,12-13,18H,1-2H3. The van der Waals surface area contributed by atoms with Crippen LogP contribution in [0, 0.1) is 0 Å². The molecule has 2 aromatic carbocycles. The lowest BCUT2D eigenvalue weighted by Gasteiger charge is -2.22. The lowest BCUT2D eigenvalue weighted by Crippen LogP contribution is -2.26. The highest BCUT2D eigenvalue weighted by Gasteiger charge is 2.34. The SMILES string of the molecule is CC(O[C]=O)OC(=O)OC(C)C1c2ccccc2-c2ccccc21. The second-order valence-corrected chi connectivity index (χ2v) is 5.61. The molecular weight excluding hydrogens is 308 g/mol. The summed E-state index contributed by atoms with van der Waals surface area (Å²) >= 11 is 0. The fraction of sp³-hybridized carbons (Fsp3) is 0.263. The summed E-state index contributed by atoms with van der Waals surface area (Å²) < 4.78 is 14.6. The second kappa shape index (κ2) is 6.74. The van der Waals surface area contributed by atoms with Crippen molar-refractivity contribution in [2.45, 2.75) is 32.2 Å². The molecule has 0 fully saturated rings. The van der Waals surface area contributed by atoms with Crippen LogP contribution in [0.1, 0.15) is 30.9 Å². The first-order chi connectivity index (χ1) is 11.6. The van der Waals surface area contributed by atoms with Gasteiger partial charge in [-0.2, -0.15) is 0 Å². The van der Waals surface area contributed by atoms with Gasteiger partial charge in [0.25, 0.3) is 0 Å². The maximum atomic E-state index is 11.9. The molecule has 0 aliphatic heterocycles. The van der Waals surface area contributed by atoms with Crippen molar-refractivity contribution in [3.8, 4) is 11.1 Å². The van der Waals surface area contributed by atoms with Crippen molar-refractivity contribution in [2.24, 2.45) is 0 Å². The van der Waals surface area contributed by atoms with E-state index in [-0.39, 0.29) is 5.92 Å². The summed E-state index contributed by atoms with van der Waals surface area (Å²) in [4.78, 5) is 22.0. The highest BCUT2D eigenvalue weighted by atomic mass is 16.8. The minimum absolute atomic E-state index is 0.0705. The van der Waals surface area contributed by atoms with Crippen LogP contribution in [0.5, 0.6) is 0 Å². The first-order valence-corrected chi connectivity index (χ1v) is 7.70. The van der Waals surface area contributed by atoms with Gasteiger partial charge in [0.2, 0.25) is 6.29 Å². The van der Waals surface area contributed by atoms with Crippen molar-refractivity contribution in [1.82, 2.24) is 0 Å². The van der Waals surface area contributed by atoms with Crippen LogP contribution >= 0.6 is 0 Å². The number of hydrogen-bond acceptors (Lipinski definition) is 5. The maximum absolute atomic E-state index is 11.9. The smallest absolute Gasteiger partial charge is 0.430 e. The van der Waals surface area contributed by atoms with Crippen molar-refractivity contribution in [3.05, 3.63) is 59.7 Å². The van der Waals surface area contributed by atoms with Crippen LogP contribution in [0.2, 0.25) is 0 Å². The Morgan fingerprint density at radius 2 is 1.50 bits per heavy atom. The Balaban J connectivity index is 1.81. The van der Waals surface area contributed by atoms with E-state index in [1.165, 1.54) is 13.4 Å². The van der Waals surface area contributed by atoms with Gasteiger partial charge in [-0.1, -0.05) is 48.5 Å². The summed E-state index contributed by atoms with van der Waals surface area (Å²) in [6.45, 7) is 4.46. The molecule has 5 nitrogen and oxygen atoms in total. The van der Waals surface area contributed by atoms with E-state index in [4.69, 9.17) is 9.47 Å². The first kappa shape index (κ1) is 16.1. The zero-order valence-corrected chi connectivity index (χ0v) is 13.4. The normalized spacial score (nSPS) is 14.9. The molecule has 0 amide bonds. The highest BCUT2D eigenvalue weighted by molar-refractivity contribution is 5.79. The molecule has 0 N–H and O–H groups in total. The van der Waals surface area contributed by atoms with Gasteiger partial charge in [0, 0.05) is 12.8 Å². The van der Waals surface area contributed by atoms with E-state index in [0.29, 0.717) is 0 Å². The van der Waals surface area contributed by atoms with E-state index in [2.05, 4.69) is 16.9 Å². The number of carbonyl (C=O) groups is 1. The molecule has 123 valence electrons. The van der Waals surface area contributed by atoms with E-state index in [1.807, 2.05) is 43.3 Å². The molecule has 0 saturated heterocycles. The van der Waals surface area contributed by atoms with Crippen LogP contribution in [0.25, 0.3) is 11.1 Å². The van der Waals surface area contributed by atoms with Crippen molar-refractivity contribution in [1.29, 1.82) is 0 Å². The Hall–Kier alpha value is -2.82. The number of hydrogen-bond donors (Lipinski definition) is 0. The van der Waals surface area contributed by atoms with Crippen molar-refractivity contribution in [3.63, 3.8) is 0 Å². The summed E-state index contributed by atoms with van der Waals surface area (Å²) in [5.74, 6) is -0.0705. The van der Waals surface area contributed by atoms with E-state index >= 15 is 0 Å². The van der Waals surface area contributed by atoms with E-state index < -0.39 is 18.5 Å². The Bertz CT molecular complexity index is 709. The van der Waals surface area contributed by atoms with Gasteiger partial charge in [0.05, 0.1) is 0 Å². The van der Waals surface area contributed by atoms with Gasteiger partial charge in [-0.25, -0.2) is 9.59 Å². The molecule has 3 rings (SSSR count). The lowest BCUT2D eigenvalue weighted by atomic mass is 9.92. The number of ether oxygens (including phenoxy) is 3. The first-order valence-electron chi connectivity index (χ1n) is 7.70. The molecule has 1 radical (unpaired) electrons. The van der Waals surface area contributed by atoms with Crippen LogP contribution in [-0.2, 0) is 19.0 Å². The summed E-state index contributed by atoms with van der Waals surface area (Å²) in [6, 6.07) is 16.1. The molecule has 2 unspecified atom stereocenters. The van der Waals surface area contributed by atoms with Crippen molar-refractivity contribution < 1.29 is 23.8 Å². The maximum Gasteiger partial charge on any atom is 0.511 e. The molecule has 0 saturated carbocycles. The Morgan fingerprint density at radius 3 is 2.04 bits per heavy atom. The zero-order chi connectivity index (χ0) is 17.1. The molecule has 1 aliphatic rings. The van der Waals surface area contributed by atoms with E-state index in [1.54, 1.807) is 0 Å². The summed E-state index contributed by atoms with van der Waals surface area (Å²) in [5.41, 5.74) is 4.53. The van der Waals surface area contributed by atoms with Gasteiger partial charge in [0.15, 0.2) is 0 Å². The van der Waals surface area contributed by atoms with Crippen LogP contribution < -0.4 is 0 Å². The Labute approximate surface area is 140 Å². The number of fused-ring (bicyclic) bond motifs is 3. The monoisotopic (exact) mass is 325 g/mol. The van der Waals surface area contributed by atoms with Crippen LogP contribution in [0.15, 0.2) is 48.5 Å². The highest BCUT2D eigenvalue weighted by Crippen LogP contribution is 2.46. The quantitative estimate of drug-likeness (QED) is 0.618. The van der Waals surface area contributed by atoms with Crippen molar-refractivity contribution in [2.75, 3.05) is 0 Å². The Morgan fingerprint density at radius 1 is 0.958 bits per heavy atom. The average Bonchev–Trinajstić information content (AvgIpc) is 2.89. The predicted octanol–water partition coefficient (Wildman–Crippen LogP) is 3.77. The topological polar surface area (TPSA) is 61.8 Å². The summed E-state index contributed by atoms with van der Waals surface area (Å²) in [6.07, 6.45) is -2.35. The Kier molecular flexibility index (Phi) is 4.51. The second-order valence-electron chi connectivity index (χ2n) is 5.61. The molecule has 1 aliphatic carbocycles. The lowest BCUT2D eigenvalue weighted by molar-refractivity contribution is -0.0705. The molecule has 0 heterocycles. The molecule has 2 atom stereocenters. The molecule has 0 spiro atoms. The zero-order valence-electron chi connectivity index (χ0n) is 13.4. The van der Waals surface area contributed by atoms with Crippen LogP contribution in [-0.4, -0.2) is 25.0 Å². The average molecular weight is 325 g/mol. The van der Waals surface area contributed by atoms with Gasteiger partial charge in [0.1, 0.15) is 6.10 Å². The predicted molar refractivity (Wildman–Crippen MR) is 87.0 cm³/mol.